The van der Waals surface area contributed by atoms with E-state index in [0.717, 1.165) is 10.6 Å². The second-order valence-electron chi connectivity index (χ2n) is 5.43. The van der Waals surface area contributed by atoms with Crippen LogP contribution in [-0.4, -0.2) is 34.6 Å². The predicted molar refractivity (Wildman–Crippen MR) is 94.5 cm³/mol. The van der Waals surface area contributed by atoms with Crippen LogP contribution in [-0.2, 0) is 20.9 Å². The lowest BCUT2D eigenvalue weighted by molar-refractivity contribution is -0.384. The van der Waals surface area contributed by atoms with E-state index in [1.54, 1.807) is 6.07 Å². The summed E-state index contributed by atoms with van der Waals surface area (Å²) in [6, 6.07) is 8.31. The summed E-state index contributed by atoms with van der Waals surface area (Å²) in [5.74, 6) is -1.29. The fourth-order valence-corrected chi connectivity index (χ4v) is 2.15. The summed E-state index contributed by atoms with van der Waals surface area (Å²) in [4.78, 5) is 46.1. The van der Waals surface area contributed by atoms with E-state index < -0.39 is 22.9 Å². The van der Waals surface area contributed by atoms with Crippen molar-refractivity contribution in [3.8, 4) is 5.75 Å². The van der Waals surface area contributed by atoms with Crippen molar-refractivity contribution >= 4 is 23.3 Å². The largest absolute Gasteiger partial charge is 0.496 e. The van der Waals surface area contributed by atoms with E-state index in [9.17, 15) is 24.5 Å². The van der Waals surface area contributed by atoms with E-state index in [2.05, 4.69) is 5.32 Å². The molecule has 142 valence electrons. The first-order chi connectivity index (χ1) is 12.8. The van der Waals surface area contributed by atoms with E-state index in [1.165, 1.54) is 44.5 Å². The molecule has 0 aliphatic heterocycles. The Morgan fingerprint density at radius 2 is 2.04 bits per heavy atom. The van der Waals surface area contributed by atoms with Gasteiger partial charge in [0.15, 0.2) is 6.10 Å². The molecule has 1 N–H and O–H groups in total. The number of hydrogen-bond acceptors (Lipinski definition) is 7. The minimum Gasteiger partial charge on any atom is -0.496 e. The number of nitrogens with zero attached hydrogens (tertiary/aromatic N) is 2. The zero-order valence-electron chi connectivity index (χ0n) is 14.6. The molecule has 0 bridgehead atoms. The Kier molecular flexibility index (Phi) is 6.26. The fraction of sp³-hybridized carbons (Fsp3) is 0.235. The van der Waals surface area contributed by atoms with Gasteiger partial charge in [-0.25, -0.2) is 0 Å². The molecule has 27 heavy (non-hydrogen) atoms. The number of rotatable bonds is 7. The molecule has 1 amide bonds. The lowest BCUT2D eigenvalue weighted by atomic mass is 10.2. The second-order valence-corrected chi connectivity index (χ2v) is 5.43. The summed E-state index contributed by atoms with van der Waals surface area (Å²) in [6.45, 7) is 0.955. The number of esters is 1. The Bertz CT molecular complexity index is 923. The standard InChI is InChI=1S/C17H17N3O7/c1-11(27-16(22)10-19-8-4-3-5-15(19)21)17(23)18-13-7-6-12(26-2)9-14(13)20(24)25/h3-9,11H,10H2,1-2H3,(H,18,23)/t11-/m1/s1. The molecule has 0 saturated carbocycles. The minimum atomic E-state index is -1.22. The number of nitro benzene ring substituents is 1. The first-order valence-electron chi connectivity index (χ1n) is 7.80. The molecule has 2 aromatic rings. The average Bonchev–Trinajstić information content (AvgIpc) is 2.63. The molecule has 10 heteroatoms. The van der Waals surface area contributed by atoms with Crippen LogP contribution in [0, 0.1) is 10.1 Å². The fourth-order valence-electron chi connectivity index (χ4n) is 2.15. The van der Waals surface area contributed by atoms with Crippen molar-refractivity contribution in [1.29, 1.82) is 0 Å². The number of carbonyl (C=O) groups is 2. The van der Waals surface area contributed by atoms with Gasteiger partial charge in [0.2, 0.25) is 0 Å². The van der Waals surface area contributed by atoms with Gasteiger partial charge < -0.3 is 19.4 Å². The average molecular weight is 375 g/mol. The number of aromatic nitrogens is 1. The maximum atomic E-state index is 12.2. The summed E-state index contributed by atoms with van der Waals surface area (Å²) in [5.41, 5.74) is -0.814. The van der Waals surface area contributed by atoms with Crippen molar-refractivity contribution in [1.82, 2.24) is 4.57 Å². The quantitative estimate of drug-likeness (QED) is 0.439. The first-order valence-corrected chi connectivity index (χ1v) is 7.80. The molecule has 1 aromatic carbocycles. The second kappa shape index (κ2) is 8.61. The van der Waals surface area contributed by atoms with Crippen LogP contribution in [0.5, 0.6) is 5.75 Å². The maximum Gasteiger partial charge on any atom is 0.326 e. The summed E-state index contributed by atoms with van der Waals surface area (Å²) in [6.07, 6.45) is 0.188. The molecule has 0 fully saturated rings. The minimum absolute atomic E-state index is 0.0621. The molecule has 0 spiro atoms. The van der Waals surface area contributed by atoms with E-state index in [1.807, 2.05) is 0 Å². The van der Waals surface area contributed by atoms with Crippen LogP contribution in [0.25, 0.3) is 0 Å². The topological polar surface area (TPSA) is 130 Å². The van der Waals surface area contributed by atoms with Crippen molar-refractivity contribution in [2.45, 2.75) is 19.6 Å². The Hall–Kier alpha value is -3.69. The third kappa shape index (κ3) is 5.14. The Morgan fingerprint density at radius 3 is 2.67 bits per heavy atom. The smallest absolute Gasteiger partial charge is 0.326 e. The predicted octanol–water partition coefficient (Wildman–Crippen LogP) is 1.34. The lowest BCUT2D eigenvalue weighted by Gasteiger charge is -2.14. The van der Waals surface area contributed by atoms with Crippen molar-refractivity contribution in [2.75, 3.05) is 12.4 Å². The van der Waals surface area contributed by atoms with Crippen LogP contribution in [0.1, 0.15) is 6.92 Å². The number of pyridine rings is 1. The summed E-state index contributed by atoms with van der Waals surface area (Å²) in [5, 5.41) is 13.5. The lowest BCUT2D eigenvalue weighted by Crippen LogP contribution is -2.32. The molecule has 1 heterocycles. The van der Waals surface area contributed by atoms with Crippen LogP contribution in [0.4, 0.5) is 11.4 Å². The number of nitrogens with one attached hydrogen (secondary N) is 1. The van der Waals surface area contributed by atoms with Gasteiger partial charge in [0.05, 0.1) is 18.1 Å². The van der Waals surface area contributed by atoms with Crippen molar-refractivity contribution in [3.63, 3.8) is 0 Å². The van der Waals surface area contributed by atoms with Gasteiger partial charge in [-0.1, -0.05) is 6.07 Å². The summed E-state index contributed by atoms with van der Waals surface area (Å²) in [7, 11) is 1.36. The number of anilines is 1. The van der Waals surface area contributed by atoms with Gasteiger partial charge in [0.25, 0.3) is 17.2 Å². The van der Waals surface area contributed by atoms with Gasteiger partial charge in [0, 0.05) is 12.3 Å². The zero-order valence-corrected chi connectivity index (χ0v) is 14.6. The monoisotopic (exact) mass is 375 g/mol. The highest BCUT2D eigenvalue weighted by atomic mass is 16.6. The molecule has 0 aliphatic carbocycles. The molecule has 0 aliphatic rings. The molecule has 0 radical (unpaired) electrons. The van der Waals surface area contributed by atoms with E-state index in [0.29, 0.717) is 0 Å². The van der Waals surface area contributed by atoms with Crippen LogP contribution >= 0.6 is 0 Å². The summed E-state index contributed by atoms with van der Waals surface area (Å²) < 4.78 is 11.0. The van der Waals surface area contributed by atoms with E-state index in [-0.39, 0.29) is 29.2 Å². The molecule has 0 unspecified atom stereocenters. The highest BCUT2D eigenvalue weighted by Crippen LogP contribution is 2.29. The SMILES string of the molecule is COc1ccc(NC(=O)[C@@H](C)OC(=O)Cn2ccccc2=O)c([N+](=O)[O-])c1. The number of ether oxygens (including phenoxy) is 2. The number of benzene rings is 1. The van der Waals surface area contributed by atoms with Crippen LogP contribution in [0.3, 0.4) is 0 Å². The van der Waals surface area contributed by atoms with Crippen molar-refractivity contribution in [3.05, 3.63) is 63.1 Å². The Balaban J connectivity index is 2.03. The first kappa shape index (κ1) is 19.6. The molecular weight excluding hydrogens is 358 g/mol. The summed E-state index contributed by atoms with van der Waals surface area (Å²) >= 11 is 0. The van der Waals surface area contributed by atoms with Crippen LogP contribution in [0.2, 0.25) is 0 Å². The van der Waals surface area contributed by atoms with Gasteiger partial charge >= 0.3 is 5.97 Å². The van der Waals surface area contributed by atoms with Crippen LogP contribution < -0.4 is 15.6 Å². The number of methoxy groups -OCH3 is 1. The third-order valence-electron chi connectivity index (χ3n) is 3.54. The number of hydrogen-bond donors (Lipinski definition) is 1. The Morgan fingerprint density at radius 1 is 1.30 bits per heavy atom. The zero-order chi connectivity index (χ0) is 20.0. The van der Waals surface area contributed by atoms with Crippen LogP contribution in [0.15, 0.2) is 47.4 Å². The highest BCUT2D eigenvalue weighted by Gasteiger charge is 2.22. The third-order valence-corrected chi connectivity index (χ3v) is 3.54. The molecule has 0 saturated heterocycles. The van der Waals surface area contributed by atoms with Gasteiger partial charge in [-0.2, -0.15) is 0 Å². The molecule has 10 nitrogen and oxygen atoms in total. The molecule has 1 aromatic heterocycles. The highest BCUT2D eigenvalue weighted by molar-refractivity contribution is 5.97. The van der Waals surface area contributed by atoms with Gasteiger partial charge in [-0.15, -0.1) is 0 Å². The van der Waals surface area contributed by atoms with E-state index in [4.69, 9.17) is 9.47 Å². The van der Waals surface area contributed by atoms with Crippen molar-refractivity contribution in [2.24, 2.45) is 0 Å². The van der Waals surface area contributed by atoms with Gasteiger partial charge in [0.1, 0.15) is 18.0 Å². The van der Waals surface area contributed by atoms with Crippen molar-refractivity contribution < 1.29 is 24.0 Å². The molecular formula is C17H17N3O7. The molecule has 2 rings (SSSR count). The number of nitro groups is 1. The maximum absolute atomic E-state index is 12.2. The Labute approximate surface area is 153 Å². The number of carbonyl (C=O) groups excluding carboxylic acids is 2. The van der Waals surface area contributed by atoms with Gasteiger partial charge in [-0.05, 0) is 25.1 Å². The van der Waals surface area contributed by atoms with E-state index >= 15 is 0 Å². The normalized spacial score (nSPS) is 11.3. The molecule has 1 atom stereocenters. The van der Waals surface area contributed by atoms with Gasteiger partial charge in [-0.3, -0.25) is 24.5 Å². The number of amides is 1.